The van der Waals surface area contributed by atoms with E-state index >= 15 is 0 Å². The molecule has 0 heterocycles. The highest BCUT2D eigenvalue weighted by atomic mass is 16.4. The third kappa shape index (κ3) is 1.61. The van der Waals surface area contributed by atoms with Crippen LogP contribution < -0.4 is 5.73 Å². The number of carboxylic acid groups (broad SMARTS) is 1. The number of hydrogen-bond donors (Lipinski definition) is 2. The first-order valence-corrected chi connectivity index (χ1v) is 4.52. The highest BCUT2D eigenvalue weighted by molar-refractivity contribution is 5.67. The van der Waals surface area contributed by atoms with Gasteiger partial charge in [0.05, 0.1) is 6.42 Å². The van der Waals surface area contributed by atoms with Gasteiger partial charge in [-0.2, -0.15) is 0 Å². The Morgan fingerprint density at radius 3 is 2.75 bits per heavy atom. The third-order valence-corrected chi connectivity index (χ3v) is 3.27. The summed E-state index contributed by atoms with van der Waals surface area (Å²) in [5, 5.41) is 8.73. The standard InChI is InChI=1S/C9H17NO2/c1-7-3-2-4-9(7,6-10)5-8(11)12/h7H,2-6,10H2,1H3,(H,11,12)/t7?,9-/m0/s1. The van der Waals surface area contributed by atoms with E-state index in [-0.39, 0.29) is 11.8 Å². The van der Waals surface area contributed by atoms with Crippen molar-refractivity contribution >= 4 is 5.97 Å². The van der Waals surface area contributed by atoms with Crippen molar-refractivity contribution in [2.75, 3.05) is 6.54 Å². The molecule has 0 saturated heterocycles. The third-order valence-electron chi connectivity index (χ3n) is 3.27. The van der Waals surface area contributed by atoms with Gasteiger partial charge in [0, 0.05) is 0 Å². The van der Waals surface area contributed by atoms with Gasteiger partial charge in [0.15, 0.2) is 0 Å². The molecule has 0 aromatic rings. The number of aliphatic carboxylic acids is 1. The van der Waals surface area contributed by atoms with Gasteiger partial charge in [-0.15, -0.1) is 0 Å². The number of hydrogen-bond acceptors (Lipinski definition) is 2. The second-order valence-corrected chi connectivity index (χ2v) is 3.93. The fraction of sp³-hybridized carbons (Fsp3) is 0.889. The lowest BCUT2D eigenvalue weighted by molar-refractivity contribution is -0.140. The molecule has 1 aliphatic carbocycles. The molecule has 1 rings (SSSR count). The molecule has 0 amide bonds. The molecule has 0 bridgehead atoms. The average molecular weight is 171 g/mol. The van der Waals surface area contributed by atoms with Crippen LogP contribution in [0.2, 0.25) is 0 Å². The van der Waals surface area contributed by atoms with Gasteiger partial charge in [0.1, 0.15) is 0 Å². The molecule has 2 atom stereocenters. The van der Waals surface area contributed by atoms with Gasteiger partial charge >= 0.3 is 5.97 Å². The molecule has 70 valence electrons. The van der Waals surface area contributed by atoms with E-state index in [2.05, 4.69) is 6.92 Å². The van der Waals surface area contributed by atoms with Crippen LogP contribution in [0.25, 0.3) is 0 Å². The van der Waals surface area contributed by atoms with Gasteiger partial charge in [-0.05, 0) is 24.3 Å². The smallest absolute Gasteiger partial charge is 0.303 e. The SMILES string of the molecule is CC1CCC[C@@]1(CN)CC(=O)O. The summed E-state index contributed by atoms with van der Waals surface area (Å²) in [6.07, 6.45) is 3.48. The van der Waals surface area contributed by atoms with Crippen molar-refractivity contribution in [3.05, 3.63) is 0 Å². The zero-order valence-corrected chi connectivity index (χ0v) is 7.55. The highest BCUT2D eigenvalue weighted by Crippen LogP contribution is 2.44. The minimum atomic E-state index is -0.714. The average Bonchev–Trinajstić information content (AvgIpc) is 2.32. The lowest BCUT2D eigenvalue weighted by Crippen LogP contribution is -2.35. The molecule has 0 spiro atoms. The van der Waals surface area contributed by atoms with Crippen LogP contribution in [0.1, 0.15) is 32.6 Å². The molecule has 12 heavy (non-hydrogen) atoms. The first-order chi connectivity index (χ1) is 5.60. The van der Waals surface area contributed by atoms with Crippen LogP contribution in [0.4, 0.5) is 0 Å². The Kier molecular flexibility index (Phi) is 2.73. The van der Waals surface area contributed by atoms with Crippen molar-refractivity contribution in [2.45, 2.75) is 32.6 Å². The van der Waals surface area contributed by atoms with Crippen LogP contribution in [0, 0.1) is 11.3 Å². The van der Waals surface area contributed by atoms with Gasteiger partial charge in [-0.25, -0.2) is 0 Å². The van der Waals surface area contributed by atoms with E-state index in [0.717, 1.165) is 19.3 Å². The van der Waals surface area contributed by atoms with E-state index in [1.165, 1.54) is 0 Å². The minimum Gasteiger partial charge on any atom is -0.481 e. The Morgan fingerprint density at radius 2 is 2.42 bits per heavy atom. The molecule has 3 nitrogen and oxygen atoms in total. The molecule has 3 N–H and O–H groups in total. The largest absolute Gasteiger partial charge is 0.481 e. The lowest BCUT2D eigenvalue weighted by atomic mass is 9.76. The number of carboxylic acids is 1. The van der Waals surface area contributed by atoms with Crippen LogP contribution >= 0.6 is 0 Å². The minimum absolute atomic E-state index is 0.105. The molecular weight excluding hydrogens is 154 g/mol. The Hall–Kier alpha value is -0.570. The summed E-state index contributed by atoms with van der Waals surface area (Å²) in [6, 6.07) is 0. The summed E-state index contributed by atoms with van der Waals surface area (Å²) in [7, 11) is 0. The Balaban J connectivity index is 2.67. The van der Waals surface area contributed by atoms with Crippen molar-refractivity contribution in [1.29, 1.82) is 0 Å². The van der Waals surface area contributed by atoms with E-state index < -0.39 is 5.97 Å². The fourth-order valence-corrected chi connectivity index (χ4v) is 2.25. The highest BCUT2D eigenvalue weighted by Gasteiger charge is 2.40. The molecule has 0 aromatic carbocycles. The zero-order chi connectivity index (χ0) is 9.19. The first-order valence-electron chi connectivity index (χ1n) is 4.52. The molecule has 1 unspecified atom stereocenters. The van der Waals surface area contributed by atoms with E-state index in [1.807, 2.05) is 0 Å². The maximum absolute atomic E-state index is 10.6. The van der Waals surface area contributed by atoms with Gasteiger partial charge in [0.2, 0.25) is 0 Å². The Labute approximate surface area is 72.9 Å². The fourth-order valence-electron chi connectivity index (χ4n) is 2.25. The van der Waals surface area contributed by atoms with E-state index in [1.54, 1.807) is 0 Å². The summed E-state index contributed by atoms with van der Waals surface area (Å²) in [6.45, 7) is 2.63. The summed E-state index contributed by atoms with van der Waals surface area (Å²) in [5.74, 6) is -0.243. The van der Waals surface area contributed by atoms with Gasteiger partial charge in [-0.1, -0.05) is 19.8 Å². The molecule has 0 radical (unpaired) electrons. The maximum atomic E-state index is 10.6. The lowest BCUT2D eigenvalue weighted by Gasteiger charge is -2.30. The van der Waals surface area contributed by atoms with Crippen LogP contribution in [-0.4, -0.2) is 17.6 Å². The molecule has 1 fully saturated rings. The van der Waals surface area contributed by atoms with Gasteiger partial charge < -0.3 is 10.8 Å². The molecule has 1 aliphatic rings. The first kappa shape index (κ1) is 9.52. The molecule has 0 aromatic heterocycles. The van der Waals surface area contributed by atoms with Crippen LogP contribution in [0.15, 0.2) is 0 Å². The topological polar surface area (TPSA) is 63.3 Å². The van der Waals surface area contributed by atoms with Crippen molar-refractivity contribution in [3.8, 4) is 0 Å². The molecule has 1 saturated carbocycles. The van der Waals surface area contributed by atoms with Crippen molar-refractivity contribution in [2.24, 2.45) is 17.1 Å². The zero-order valence-electron chi connectivity index (χ0n) is 7.55. The maximum Gasteiger partial charge on any atom is 0.303 e. The van der Waals surface area contributed by atoms with E-state index in [0.29, 0.717) is 12.5 Å². The normalized spacial score (nSPS) is 35.3. The predicted molar refractivity (Wildman–Crippen MR) is 46.8 cm³/mol. The Morgan fingerprint density at radius 1 is 1.75 bits per heavy atom. The van der Waals surface area contributed by atoms with Crippen molar-refractivity contribution < 1.29 is 9.90 Å². The number of carbonyl (C=O) groups is 1. The summed E-state index contributed by atoms with van der Waals surface area (Å²) >= 11 is 0. The van der Waals surface area contributed by atoms with Crippen LogP contribution in [0.5, 0.6) is 0 Å². The van der Waals surface area contributed by atoms with Gasteiger partial charge in [-0.3, -0.25) is 4.79 Å². The van der Waals surface area contributed by atoms with Crippen molar-refractivity contribution in [3.63, 3.8) is 0 Å². The van der Waals surface area contributed by atoms with Crippen LogP contribution in [-0.2, 0) is 4.79 Å². The second kappa shape index (κ2) is 3.44. The molecule has 0 aliphatic heterocycles. The molecular formula is C9H17NO2. The van der Waals surface area contributed by atoms with Crippen molar-refractivity contribution in [1.82, 2.24) is 0 Å². The van der Waals surface area contributed by atoms with Crippen LogP contribution in [0.3, 0.4) is 0 Å². The monoisotopic (exact) mass is 171 g/mol. The Bertz CT molecular complexity index is 181. The predicted octanol–water partition coefficient (Wildman–Crippen LogP) is 1.23. The second-order valence-electron chi connectivity index (χ2n) is 3.93. The summed E-state index contributed by atoms with van der Waals surface area (Å²) < 4.78 is 0. The number of rotatable bonds is 3. The van der Waals surface area contributed by atoms with Gasteiger partial charge in [0.25, 0.3) is 0 Å². The summed E-state index contributed by atoms with van der Waals surface area (Å²) in [5.41, 5.74) is 5.54. The molecule has 3 heteroatoms. The van der Waals surface area contributed by atoms with E-state index in [9.17, 15) is 4.79 Å². The summed E-state index contributed by atoms with van der Waals surface area (Å²) in [4.78, 5) is 10.6. The quantitative estimate of drug-likeness (QED) is 0.671. The number of nitrogens with two attached hydrogens (primary N) is 1. The van der Waals surface area contributed by atoms with E-state index in [4.69, 9.17) is 10.8 Å².